The van der Waals surface area contributed by atoms with Crippen LogP contribution in [-0.4, -0.2) is 33.1 Å². The second-order valence-electron chi connectivity index (χ2n) is 8.05. The molecule has 1 atom stereocenters. The van der Waals surface area contributed by atoms with Gasteiger partial charge >= 0.3 is 5.97 Å². The molecular weight excluding hydrogens is 494 g/mol. The summed E-state index contributed by atoms with van der Waals surface area (Å²) in [5.41, 5.74) is 1.15. The number of rotatable bonds is 8. The molecular formula is C27H21N3O6S. The van der Waals surface area contributed by atoms with Crippen LogP contribution in [0.4, 0.5) is 17.1 Å². The van der Waals surface area contributed by atoms with Crippen molar-refractivity contribution in [1.82, 2.24) is 0 Å². The van der Waals surface area contributed by atoms with Crippen molar-refractivity contribution in [3.63, 3.8) is 0 Å². The van der Waals surface area contributed by atoms with Crippen molar-refractivity contribution in [1.29, 1.82) is 0 Å². The van der Waals surface area contributed by atoms with E-state index in [1.807, 2.05) is 0 Å². The van der Waals surface area contributed by atoms with E-state index in [9.17, 15) is 29.6 Å². The fraction of sp³-hybridized carbons (Fsp3) is 0.0741. The normalized spacial score (nSPS) is 11.5. The molecule has 0 aromatic heterocycles. The highest BCUT2D eigenvalue weighted by Gasteiger charge is 2.18. The van der Waals surface area contributed by atoms with Crippen LogP contribution in [0, 0.1) is 10.1 Å². The van der Waals surface area contributed by atoms with Gasteiger partial charge in [0.15, 0.2) is 0 Å². The Morgan fingerprint density at radius 1 is 0.865 bits per heavy atom. The number of anilines is 2. The summed E-state index contributed by atoms with van der Waals surface area (Å²) in [6.07, 6.45) is 0. The summed E-state index contributed by atoms with van der Waals surface area (Å²) in [4.78, 5) is 48.4. The van der Waals surface area contributed by atoms with Crippen LogP contribution >= 0.6 is 11.8 Å². The van der Waals surface area contributed by atoms with Gasteiger partial charge in [0.1, 0.15) is 0 Å². The minimum atomic E-state index is -1.12. The van der Waals surface area contributed by atoms with Gasteiger partial charge in [0.2, 0.25) is 5.91 Å². The van der Waals surface area contributed by atoms with E-state index in [-0.39, 0.29) is 22.7 Å². The van der Waals surface area contributed by atoms with Crippen LogP contribution in [0.25, 0.3) is 10.8 Å². The number of fused-ring (bicyclic) bond motifs is 1. The summed E-state index contributed by atoms with van der Waals surface area (Å²) in [6, 6.07) is 22.4. The number of nitro groups is 1. The molecule has 0 heterocycles. The third-order valence-electron chi connectivity index (χ3n) is 5.50. The first-order valence-electron chi connectivity index (χ1n) is 11.1. The molecule has 4 rings (SSSR count). The number of amides is 2. The van der Waals surface area contributed by atoms with E-state index in [2.05, 4.69) is 10.6 Å². The van der Waals surface area contributed by atoms with Crippen LogP contribution in [0.1, 0.15) is 27.6 Å². The Kier molecular flexibility index (Phi) is 7.49. The predicted octanol–water partition coefficient (Wildman–Crippen LogP) is 5.82. The number of carbonyl (C=O) groups is 3. The molecule has 10 heteroatoms. The molecule has 9 nitrogen and oxygen atoms in total. The van der Waals surface area contributed by atoms with Crippen molar-refractivity contribution in [3.8, 4) is 0 Å². The molecule has 4 aromatic carbocycles. The number of carbonyl (C=O) groups excluding carboxylic acids is 2. The molecule has 0 aliphatic heterocycles. The topological polar surface area (TPSA) is 139 Å². The summed E-state index contributed by atoms with van der Waals surface area (Å²) in [5, 5.41) is 26.4. The second-order valence-corrected chi connectivity index (χ2v) is 9.46. The first-order valence-corrected chi connectivity index (χ1v) is 12.0. The van der Waals surface area contributed by atoms with Gasteiger partial charge in [-0.2, -0.15) is 0 Å². The van der Waals surface area contributed by atoms with Crippen LogP contribution in [0.5, 0.6) is 0 Å². The summed E-state index contributed by atoms with van der Waals surface area (Å²) in [7, 11) is 0. The third kappa shape index (κ3) is 5.93. The van der Waals surface area contributed by atoms with Gasteiger partial charge < -0.3 is 15.7 Å². The highest BCUT2D eigenvalue weighted by molar-refractivity contribution is 8.00. The number of nitrogens with zero attached hydrogens (tertiary/aromatic N) is 1. The lowest BCUT2D eigenvalue weighted by atomic mass is 9.98. The van der Waals surface area contributed by atoms with Crippen molar-refractivity contribution >= 4 is 57.4 Å². The molecule has 0 radical (unpaired) electrons. The smallest absolute Gasteiger partial charge is 0.336 e. The fourth-order valence-corrected chi connectivity index (χ4v) is 4.65. The van der Waals surface area contributed by atoms with E-state index < -0.39 is 22.0 Å². The molecule has 2 amide bonds. The van der Waals surface area contributed by atoms with E-state index in [1.54, 1.807) is 61.5 Å². The molecule has 1 unspecified atom stereocenters. The molecule has 0 fully saturated rings. The predicted molar refractivity (Wildman–Crippen MR) is 142 cm³/mol. The van der Waals surface area contributed by atoms with E-state index in [4.69, 9.17) is 0 Å². The zero-order valence-electron chi connectivity index (χ0n) is 19.5. The van der Waals surface area contributed by atoms with Gasteiger partial charge in [0, 0.05) is 39.4 Å². The largest absolute Gasteiger partial charge is 0.478 e. The zero-order chi connectivity index (χ0) is 26.5. The van der Waals surface area contributed by atoms with Crippen molar-refractivity contribution < 1.29 is 24.4 Å². The number of benzene rings is 4. The maximum Gasteiger partial charge on any atom is 0.336 e. The molecule has 4 aromatic rings. The lowest BCUT2D eigenvalue weighted by Gasteiger charge is -2.14. The Bertz CT molecular complexity index is 1520. The Morgan fingerprint density at radius 3 is 2.16 bits per heavy atom. The lowest BCUT2D eigenvalue weighted by Crippen LogP contribution is -2.22. The van der Waals surface area contributed by atoms with Crippen LogP contribution in [0.3, 0.4) is 0 Å². The van der Waals surface area contributed by atoms with Gasteiger partial charge in [-0.3, -0.25) is 19.7 Å². The molecule has 0 spiro atoms. The van der Waals surface area contributed by atoms with Gasteiger partial charge in [-0.05, 0) is 54.8 Å². The molecule has 0 aliphatic carbocycles. The van der Waals surface area contributed by atoms with Crippen molar-refractivity contribution in [2.75, 3.05) is 10.6 Å². The number of nitro benzene ring substituents is 1. The monoisotopic (exact) mass is 515 g/mol. The first-order chi connectivity index (χ1) is 17.7. The maximum atomic E-state index is 13.1. The van der Waals surface area contributed by atoms with Gasteiger partial charge in [-0.25, -0.2) is 4.79 Å². The lowest BCUT2D eigenvalue weighted by molar-refractivity contribution is -0.384. The van der Waals surface area contributed by atoms with Crippen LogP contribution in [-0.2, 0) is 4.79 Å². The quantitative estimate of drug-likeness (QED) is 0.153. The Balaban J connectivity index is 1.46. The molecule has 0 saturated heterocycles. The fourth-order valence-electron chi connectivity index (χ4n) is 3.72. The molecule has 186 valence electrons. The highest BCUT2D eigenvalue weighted by Crippen LogP contribution is 2.28. The average molecular weight is 516 g/mol. The third-order valence-corrected chi connectivity index (χ3v) is 6.59. The van der Waals surface area contributed by atoms with Crippen molar-refractivity contribution in [2.45, 2.75) is 17.1 Å². The van der Waals surface area contributed by atoms with Gasteiger partial charge in [0.05, 0.1) is 15.7 Å². The van der Waals surface area contributed by atoms with Crippen LogP contribution < -0.4 is 10.6 Å². The molecule has 0 bridgehead atoms. The van der Waals surface area contributed by atoms with Crippen LogP contribution in [0.2, 0.25) is 0 Å². The number of hydrogen-bond acceptors (Lipinski definition) is 6. The van der Waals surface area contributed by atoms with Crippen molar-refractivity contribution in [2.24, 2.45) is 0 Å². The SMILES string of the molecule is CC(Sc1cccc(NC(=O)c2cccc3cccc(C(=O)O)c23)c1)C(=O)Nc1ccc([N+](=O)[O-])cc1. The van der Waals surface area contributed by atoms with Crippen LogP contribution in [0.15, 0.2) is 89.8 Å². The Morgan fingerprint density at radius 2 is 1.51 bits per heavy atom. The molecule has 37 heavy (non-hydrogen) atoms. The van der Waals surface area contributed by atoms with E-state index >= 15 is 0 Å². The van der Waals surface area contributed by atoms with Gasteiger partial charge in [-0.1, -0.05) is 30.3 Å². The summed E-state index contributed by atoms with van der Waals surface area (Å²) in [6.45, 7) is 1.72. The summed E-state index contributed by atoms with van der Waals surface area (Å²) in [5.74, 6) is -1.86. The van der Waals surface area contributed by atoms with Gasteiger partial charge in [0.25, 0.3) is 11.6 Å². The van der Waals surface area contributed by atoms with E-state index in [0.29, 0.717) is 22.1 Å². The molecule has 3 N–H and O–H groups in total. The second kappa shape index (κ2) is 10.9. The average Bonchev–Trinajstić information content (AvgIpc) is 2.88. The number of thioether (sulfide) groups is 1. The summed E-state index contributed by atoms with van der Waals surface area (Å²) >= 11 is 1.28. The van der Waals surface area contributed by atoms with E-state index in [1.165, 1.54) is 42.1 Å². The Labute approximate surface area is 215 Å². The first kappa shape index (κ1) is 25.4. The number of non-ortho nitro benzene ring substituents is 1. The standard InChI is InChI=1S/C27H21N3O6S/c1-16(25(31)28-18-11-13-20(14-12-18)30(35)36)37-21-8-4-7-19(15-21)29-26(32)22-9-2-5-17-6-3-10-23(24(17)22)27(33)34/h2-16H,1H3,(H,28,31)(H,29,32)(H,33,34). The number of hydrogen-bond donors (Lipinski definition) is 3. The number of carboxylic acid groups (broad SMARTS) is 1. The van der Waals surface area contributed by atoms with Gasteiger partial charge in [-0.15, -0.1) is 11.8 Å². The summed E-state index contributed by atoms with van der Waals surface area (Å²) < 4.78 is 0. The highest BCUT2D eigenvalue weighted by atomic mass is 32.2. The number of nitrogens with one attached hydrogen (secondary N) is 2. The Hall–Kier alpha value is -4.70. The number of carboxylic acids is 1. The molecule has 0 aliphatic rings. The van der Waals surface area contributed by atoms with Crippen molar-refractivity contribution in [3.05, 3.63) is 106 Å². The number of aromatic carboxylic acids is 1. The molecule has 0 saturated carbocycles. The minimum absolute atomic E-state index is 0.0421. The zero-order valence-corrected chi connectivity index (χ0v) is 20.3. The van der Waals surface area contributed by atoms with E-state index in [0.717, 1.165) is 4.90 Å². The maximum absolute atomic E-state index is 13.1. The minimum Gasteiger partial charge on any atom is -0.478 e.